The minimum Gasteiger partial charge on any atom is -0.388 e. The molecule has 2 unspecified atom stereocenters. The molecule has 6 heteroatoms. The summed E-state index contributed by atoms with van der Waals surface area (Å²) in [6, 6.07) is 0. The van der Waals surface area contributed by atoms with E-state index in [0.717, 1.165) is 26.0 Å². The molecule has 2 rings (SSSR count). The van der Waals surface area contributed by atoms with Crippen LogP contribution < -0.4 is 0 Å². The first kappa shape index (κ1) is 11.8. The van der Waals surface area contributed by atoms with Crippen LogP contribution in [0.15, 0.2) is 0 Å². The third-order valence-electron chi connectivity index (χ3n) is 3.14. The summed E-state index contributed by atoms with van der Waals surface area (Å²) in [6.45, 7) is 3.65. The number of aromatic nitrogens is 3. The second kappa shape index (κ2) is 5.07. The fraction of sp³-hybridized carbons (Fsp3) is 0.800. The Morgan fingerprint density at radius 2 is 2.50 bits per heavy atom. The van der Waals surface area contributed by atoms with E-state index in [4.69, 9.17) is 22.1 Å². The summed E-state index contributed by atoms with van der Waals surface area (Å²) in [5.41, 5.74) is 0. The van der Waals surface area contributed by atoms with E-state index in [9.17, 15) is 0 Å². The first-order valence-electron chi connectivity index (χ1n) is 5.62. The van der Waals surface area contributed by atoms with Crippen molar-refractivity contribution in [1.29, 1.82) is 0 Å². The molecule has 0 radical (unpaired) electrons. The maximum atomic E-state index is 9.15. The molecule has 0 amide bonds. The first-order valence-corrected chi connectivity index (χ1v) is 6.03. The van der Waals surface area contributed by atoms with Crippen molar-refractivity contribution in [3.05, 3.63) is 10.6 Å². The van der Waals surface area contributed by atoms with E-state index < -0.39 is 0 Å². The lowest BCUT2D eigenvalue weighted by molar-refractivity contribution is 0.0828. The zero-order valence-electron chi connectivity index (χ0n) is 9.35. The number of ether oxygens (including phenoxy) is 1. The van der Waals surface area contributed by atoms with Gasteiger partial charge >= 0.3 is 0 Å². The van der Waals surface area contributed by atoms with E-state index in [2.05, 4.69) is 17.1 Å². The lowest BCUT2D eigenvalue weighted by Gasteiger charge is -2.17. The zero-order chi connectivity index (χ0) is 11.5. The Labute approximate surface area is 99.4 Å². The lowest BCUT2D eigenvalue weighted by Crippen LogP contribution is -2.21. The standard InChI is InChI=1S/C10H17N3O2S/c1-2-8-7(3-4-15-8)5-13-9(6-14)11-12-10(13)16/h7-8,14H,2-6H2,1H3,(H,12,16). The molecule has 2 atom stereocenters. The Morgan fingerprint density at radius 3 is 3.19 bits per heavy atom. The molecule has 1 aromatic rings. The van der Waals surface area contributed by atoms with Crippen molar-refractivity contribution in [3.8, 4) is 0 Å². The van der Waals surface area contributed by atoms with E-state index in [1.807, 2.05) is 4.57 Å². The minimum atomic E-state index is -0.0858. The van der Waals surface area contributed by atoms with Crippen LogP contribution in [-0.2, 0) is 17.9 Å². The number of aliphatic hydroxyl groups is 1. The van der Waals surface area contributed by atoms with Gasteiger partial charge in [-0.15, -0.1) is 0 Å². The number of aliphatic hydroxyl groups excluding tert-OH is 1. The molecule has 5 nitrogen and oxygen atoms in total. The number of H-pyrrole nitrogens is 1. The number of hydrogen-bond acceptors (Lipinski definition) is 4. The van der Waals surface area contributed by atoms with Crippen molar-refractivity contribution in [3.63, 3.8) is 0 Å². The average Bonchev–Trinajstić information content (AvgIpc) is 2.87. The van der Waals surface area contributed by atoms with Crippen molar-refractivity contribution in [2.24, 2.45) is 5.92 Å². The molecule has 90 valence electrons. The van der Waals surface area contributed by atoms with Crippen molar-refractivity contribution in [2.75, 3.05) is 6.61 Å². The van der Waals surface area contributed by atoms with E-state index >= 15 is 0 Å². The molecular weight excluding hydrogens is 226 g/mol. The van der Waals surface area contributed by atoms with Gasteiger partial charge in [-0.25, -0.2) is 0 Å². The van der Waals surface area contributed by atoms with Gasteiger partial charge in [-0.3, -0.25) is 5.10 Å². The van der Waals surface area contributed by atoms with E-state index in [0.29, 0.717) is 22.6 Å². The van der Waals surface area contributed by atoms with E-state index in [-0.39, 0.29) is 6.61 Å². The monoisotopic (exact) mass is 243 g/mol. The highest BCUT2D eigenvalue weighted by Gasteiger charge is 2.27. The Balaban J connectivity index is 2.13. The first-order chi connectivity index (χ1) is 7.76. The van der Waals surface area contributed by atoms with E-state index in [1.54, 1.807) is 0 Å². The van der Waals surface area contributed by atoms with Crippen LogP contribution in [-0.4, -0.2) is 32.6 Å². The SMILES string of the molecule is CCC1OCCC1Cn1c(CO)n[nH]c1=S. The van der Waals surface area contributed by atoms with E-state index in [1.165, 1.54) is 0 Å². The summed E-state index contributed by atoms with van der Waals surface area (Å²) in [7, 11) is 0. The normalized spacial score (nSPS) is 25.1. The number of nitrogens with zero attached hydrogens (tertiary/aromatic N) is 2. The van der Waals surface area contributed by atoms with Crippen molar-refractivity contribution in [2.45, 2.75) is 39.0 Å². The maximum Gasteiger partial charge on any atom is 0.195 e. The molecule has 1 fully saturated rings. The minimum absolute atomic E-state index is 0.0858. The molecule has 1 aliphatic rings. The van der Waals surface area contributed by atoms with Crippen LogP contribution in [0.3, 0.4) is 0 Å². The summed E-state index contributed by atoms with van der Waals surface area (Å²) >= 11 is 5.14. The fourth-order valence-electron chi connectivity index (χ4n) is 2.25. The fourth-order valence-corrected chi connectivity index (χ4v) is 2.47. The van der Waals surface area contributed by atoms with Gasteiger partial charge in [0.2, 0.25) is 0 Å². The van der Waals surface area contributed by atoms with Crippen LogP contribution in [0.5, 0.6) is 0 Å². The lowest BCUT2D eigenvalue weighted by atomic mass is 9.99. The van der Waals surface area contributed by atoms with Crippen LogP contribution >= 0.6 is 12.2 Å². The third-order valence-corrected chi connectivity index (χ3v) is 3.46. The summed E-state index contributed by atoms with van der Waals surface area (Å²) < 4.78 is 8.08. The summed E-state index contributed by atoms with van der Waals surface area (Å²) in [4.78, 5) is 0. The highest BCUT2D eigenvalue weighted by atomic mass is 32.1. The molecule has 1 aliphatic heterocycles. The topological polar surface area (TPSA) is 63.1 Å². The van der Waals surface area contributed by atoms with Crippen LogP contribution in [0, 0.1) is 10.7 Å². The highest BCUT2D eigenvalue weighted by molar-refractivity contribution is 7.71. The predicted octanol–water partition coefficient (Wildman–Crippen LogP) is 1.25. The Bertz CT molecular complexity index is 401. The van der Waals surface area contributed by atoms with Gasteiger partial charge in [0.25, 0.3) is 0 Å². The predicted molar refractivity (Wildman–Crippen MR) is 61.5 cm³/mol. The van der Waals surface area contributed by atoms with Crippen LogP contribution in [0.2, 0.25) is 0 Å². The average molecular weight is 243 g/mol. The third kappa shape index (κ3) is 2.18. The van der Waals surface area contributed by atoms with Crippen molar-refractivity contribution >= 4 is 12.2 Å². The molecule has 2 N–H and O–H groups in total. The zero-order valence-corrected chi connectivity index (χ0v) is 10.2. The molecule has 0 bridgehead atoms. The van der Waals surface area contributed by atoms with Crippen molar-refractivity contribution < 1.29 is 9.84 Å². The number of nitrogens with one attached hydrogen (secondary N) is 1. The number of rotatable bonds is 4. The smallest absolute Gasteiger partial charge is 0.195 e. The molecule has 2 heterocycles. The second-order valence-electron chi connectivity index (χ2n) is 4.08. The summed E-state index contributed by atoms with van der Waals surface area (Å²) in [6.07, 6.45) is 2.38. The van der Waals surface area contributed by atoms with Crippen LogP contribution in [0.4, 0.5) is 0 Å². The number of aromatic amines is 1. The molecule has 1 aromatic heterocycles. The van der Waals surface area contributed by atoms with Gasteiger partial charge in [0.15, 0.2) is 10.6 Å². The molecule has 16 heavy (non-hydrogen) atoms. The van der Waals surface area contributed by atoms with Crippen LogP contribution in [0.25, 0.3) is 0 Å². The van der Waals surface area contributed by atoms with Gasteiger partial charge in [-0.1, -0.05) is 6.92 Å². The quantitative estimate of drug-likeness (QED) is 0.781. The van der Waals surface area contributed by atoms with Gasteiger partial charge < -0.3 is 14.4 Å². The van der Waals surface area contributed by atoms with Gasteiger partial charge in [0, 0.05) is 19.1 Å². The molecule has 1 saturated heterocycles. The summed E-state index contributed by atoms with van der Waals surface area (Å²) in [5, 5.41) is 15.8. The number of hydrogen-bond donors (Lipinski definition) is 2. The molecule has 0 aliphatic carbocycles. The Morgan fingerprint density at radius 1 is 1.69 bits per heavy atom. The van der Waals surface area contributed by atoms with Crippen LogP contribution in [0.1, 0.15) is 25.6 Å². The maximum absolute atomic E-state index is 9.15. The summed E-state index contributed by atoms with van der Waals surface area (Å²) in [5.74, 6) is 1.08. The molecular formula is C10H17N3O2S. The highest BCUT2D eigenvalue weighted by Crippen LogP contribution is 2.25. The van der Waals surface area contributed by atoms with Gasteiger partial charge in [-0.05, 0) is 25.1 Å². The largest absolute Gasteiger partial charge is 0.388 e. The van der Waals surface area contributed by atoms with Gasteiger partial charge in [0.05, 0.1) is 6.10 Å². The second-order valence-corrected chi connectivity index (χ2v) is 4.47. The van der Waals surface area contributed by atoms with Gasteiger partial charge in [-0.2, -0.15) is 5.10 Å². The Kier molecular flexibility index (Phi) is 3.73. The molecule has 0 spiro atoms. The van der Waals surface area contributed by atoms with Gasteiger partial charge in [0.1, 0.15) is 6.61 Å². The Hall–Kier alpha value is -0.720. The van der Waals surface area contributed by atoms with Crippen molar-refractivity contribution in [1.82, 2.24) is 14.8 Å². The molecule has 0 saturated carbocycles. The molecule has 0 aromatic carbocycles.